The zero-order chi connectivity index (χ0) is 21.5. The number of aromatic nitrogens is 2. The molecule has 156 valence electrons. The van der Waals surface area contributed by atoms with Gasteiger partial charge in [-0.15, -0.1) is 0 Å². The standard InChI is InChI=1S/C22H25N5O3/c1-27(2)11-10-24-22(29)16-6-9-20(30-3)18(12-16)25-21-14-23-13-19(26-21)15-4-7-17(28)8-5-15/h4-9,12-14,28H,10-11H2,1-3H3,(H,24,29)(H,25,26). The van der Waals surface area contributed by atoms with Crippen molar-refractivity contribution in [2.24, 2.45) is 0 Å². The Morgan fingerprint density at radius 3 is 2.60 bits per heavy atom. The average Bonchev–Trinajstić information content (AvgIpc) is 2.74. The number of anilines is 2. The molecule has 0 spiro atoms. The molecule has 0 unspecified atom stereocenters. The predicted molar refractivity (Wildman–Crippen MR) is 116 cm³/mol. The number of amides is 1. The molecule has 8 heteroatoms. The van der Waals surface area contributed by atoms with Gasteiger partial charge in [0.1, 0.15) is 17.3 Å². The Bertz CT molecular complexity index is 1010. The van der Waals surface area contributed by atoms with E-state index in [0.29, 0.717) is 35.1 Å². The second kappa shape index (κ2) is 9.71. The highest BCUT2D eigenvalue weighted by atomic mass is 16.5. The molecule has 0 saturated carbocycles. The molecule has 0 atom stereocenters. The number of carbonyl (C=O) groups excluding carboxylic acids is 1. The SMILES string of the molecule is COc1ccc(C(=O)NCCN(C)C)cc1Nc1cncc(-c2ccc(O)cc2)n1. The van der Waals surface area contributed by atoms with Crippen LogP contribution < -0.4 is 15.4 Å². The molecule has 3 N–H and O–H groups in total. The van der Waals surface area contributed by atoms with Crippen LogP contribution in [0.1, 0.15) is 10.4 Å². The van der Waals surface area contributed by atoms with Crippen LogP contribution in [0.3, 0.4) is 0 Å². The molecule has 30 heavy (non-hydrogen) atoms. The number of nitrogens with zero attached hydrogens (tertiary/aromatic N) is 3. The van der Waals surface area contributed by atoms with Gasteiger partial charge in [-0.25, -0.2) is 4.98 Å². The quantitative estimate of drug-likeness (QED) is 0.528. The van der Waals surface area contributed by atoms with Crippen molar-refractivity contribution in [2.75, 3.05) is 39.6 Å². The van der Waals surface area contributed by atoms with Gasteiger partial charge in [-0.1, -0.05) is 0 Å². The molecule has 1 aromatic heterocycles. The molecule has 0 aliphatic carbocycles. The second-order valence-corrected chi connectivity index (χ2v) is 6.94. The fourth-order valence-electron chi connectivity index (χ4n) is 2.78. The number of aromatic hydroxyl groups is 1. The van der Waals surface area contributed by atoms with Gasteiger partial charge in [-0.3, -0.25) is 9.78 Å². The van der Waals surface area contributed by atoms with Crippen molar-refractivity contribution in [3.8, 4) is 22.8 Å². The minimum Gasteiger partial charge on any atom is -0.508 e. The third-order valence-electron chi connectivity index (χ3n) is 4.37. The summed E-state index contributed by atoms with van der Waals surface area (Å²) in [4.78, 5) is 23.3. The van der Waals surface area contributed by atoms with Crippen LogP contribution in [0.4, 0.5) is 11.5 Å². The second-order valence-electron chi connectivity index (χ2n) is 6.94. The fraction of sp³-hybridized carbons (Fsp3) is 0.227. The summed E-state index contributed by atoms with van der Waals surface area (Å²) in [5.74, 6) is 1.11. The maximum absolute atomic E-state index is 12.5. The van der Waals surface area contributed by atoms with Gasteiger partial charge in [0.25, 0.3) is 5.91 Å². The summed E-state index contributed by atoms with van der Waals surface area (Å²) < 4.78 is 5.42. The fourth-order valence-corrected chi connectivity index (χ4v) is 2.78. The van der Waals surface area contributed by atoms with E-state index in [9.17, 15) is 9.90 Å². The van der Waals surface area contributed by atoms with Gasteiger partial charge < -0.3 is 25.4 Å². The molecule has 3 aromatic rings. The van der Waals surface area contributed by atoms with Crippen molar-refractivity contribution in [1.29, 1.82) is 0 Å². The molecule has 0 radical (unpaired) electrons. The smallest absolute Gasteiger partial charge is 0.251 e. The van der Waals surface area contributed by atoms with Gasteiger partial charge in [0.2, 0.25) is 0 Å². The largest absolute Gasteiger partial charge is 0.508 e. The zero-order valence-electron chi connectivity index (χ0n) is 17.2. The third-order valence-corrected chi connectivity index (χ3v) is 4.37. The molecular weight excluding hydrogens is 382 g/mol. The van der Waals surface area contributed by atoms with Crippen LogP contribution in [0.25, 0.3) is 11.3 Å². The first-order valence-electron chi connectivity index (χ1n) is 9.45. The number of carbonyl (C=O) groups is 1. The van der Waals surface area contributed by atoms with Crippen LogP contribution >= 0.6 is 0 Å². The van der Waals surface area contributed by atoms with Crippen LogP contribution in [-0.4, -0.2) is 60.2 Å². The van der Waals surface area contributed by atoms with Crippen LogP contribution in [0, 0.1) is 0 Å². The highest BCUT2D eigenvalue weighted by Crippen LogP contribution is 2.29. The lowest BCUT2D eigenvalue weighted by atomic mass is 10.1. The first kappa shape index (κ1) is 21.1. The topological polar surface area (TPSA) is 99.6 Å². The summed E-state index contributed by atoms with van der Waals surface area (Å²) in [7, 11) is 5.47. The van der Waals surface area contributed by atoms with Crippen LogP contribution in [-0.2, 0) is 0 Å². The molecule has 0 bridgehead atoms. The number of phenols is 1. The summed E-state index contributed by atoms with van der Waals surface area (Å²) in [6.07, 6.45) is 3.23. The molecule has 0 aliphatic heterocycles. The van der Waals surface area contributed by atoms with Crippen LogP contribution in [0.2, 0.25) is 0 Å². The molecule has 0 fully saturated rings. The Morgan fingerprint density at radius 2 is 1.90 bits per heavy atom. The Morgan fingerprint density at radius 1 is 1.13 bits per heavy atom. The number of rotatable bonds is 8. The van der Waals surface area contributed by atoms with Crippen LogP contribution in [0.5, 0.6) is 11.5 Å². The van der Waals surface area contributed by atoms with Gasteiger partial charge in [0.15, 0.2) is 0 Å². The van der Waals surface area contributed by atoms with E-state index in [0.717, 1.165) is 12.1 Å². The first-order valence-corrected chi connectivity index (χ1v) is 9.45. The van der Waals surface area contributed by atoms with E-state index >= 15 is 0 Å². The first-order chi connectivity index (χ1) is 14.5. The zero-order valence-corrected chi connectivity index (χ0v) is 17.2. The molecule has 0 aliphatic rings. The van der Waals surface area contributed by atoms with Crippen molar-refractivity contribution < 1.29 is 14.6 Å². The lowest BCUT2D eigenvalue weighted by Gasteiger charge is -2.14. The van der Waals surface area contributed by atoms with E-state index in [1.165, 1.54) is 0 Å². The number of nitrogens with one attached hydrogen (secondary N) is 2. The van der Waals surface area contributed by atoms with Gasteiger partial charge in [0.05, 0.1) is 30.9 Å². The maximum Gasteiger partial charge on any atom is 0.251 e. The number of methoxy groups -OCH3 is 1. The summed E-state index contributed by atoms with van der Waals surface area (Å²) in [6, 6.07) is 11.9. The number of benzene rings is 2. The van der Waals surface area contributed by atoms with Crippen molar-refractivity contribution in [1.82, 2.24) is 20.2 Å². The molecular formula is C22H25N5O3. The van der Waals surface area contributed by atoms with Gasteiger partial charge in [0, 0.05) is 24.2 Å². The number of ether oxygens (including phenoxy) is 1. The Labute approximate surface area is 175 Å². The van der Waals surface area contributed by atoms with Crippen molar-refractivity contribution >= 4 is 17.4 Å². The number of hydrogen-bond donors (Lipinski definition) is 3. The summed E-state index contributed by atoms with van der Waals surface area (Å²) in [5.41, 5.74) is 2.59. The number of likely N-dealkylation sites (N-methyl/N-ethyl adjacent to an activating group) is 1. The van der Waals surface area contributed by atoms with Crippen molar-refractivity contribution in [3.63, 3.8) is 0 Å². The van der Waals surface area contributed by atoms with Crippen LogP contribution in [0.15, 0.2) is 54.9 Å². The average molecular weight is 407 g/mol. The predicted octanol–water partition coefficient (Wildman–Crippen LogP) is 2.89. The molecule has 1 amide bonds. The normalized spacial score (nSPS) is 10.7. The molecule has 8 nitrogen and oxygen atoms in total. The van der Waals surface area contributed by atoms with Crippen molar-refractivity contribution in [2.45, 2.75) is 0 Å². The minimum absolute atomic E-state index is 0.161. The van der Waals surface area contributed by atoms with E-state index in [1.807, 2.05) is 19.0 Å². The number of phenolic OH excluding ortho intramolecular Hbond substituents is 1. The van der Waals surface area contributed by atoms with Gasteiger partial charge in [-0.2, -0.15) is 0 Å². The molecule has 1 heterocycles. The highest BCUT2D eigenvalue weighted by molar-refractivity contribution is 5.95. The summed E-state index contributed by atoms with van der Waals surface area (Å²) in [6.45, 7) is 1.31. The van der Waals surface area contributed by atoms with Gasteiger partial charge in [-0.05, 0) is 56.6 Å². The van der Waals surface area contributed by atoms with E-state index in [2.05, 4.69) is 20.6 Å². The Balaban J connectivity index is 1.80. The lowest BCUT2D eigenvalue weighted by Crippen LogP contribution is -2.31. The van der Waals surface area contributed by atoms with Gasteiger partial charge >= 0.3 is 0 Å². The summed E-state index contributed by atoms with van der Waals surface area (Å²) in [5, 5.41) is 15.5. The van der Waals surface area contributed by atoms with E-state index < -0.39 is 0 Å². The highest BCUT2D eigenvalue weighted by Gasteiger charge is 2.12. The van der Waals surface area contributed by atoms with Crippen molar-refractivity contribution in [3.05, 3.63) is 60.4 Å². The minimum atomic E-state index is -0.161. The third kappa shape index (κ3) is 5.45. The van der Waals surface area contributed by atoms with E-state index in [1.54, 1.807) is 62.0 Å². The molecule has 2 aromatic carbocycles. The number of hydrogen-bond acceptors (Lipinski definition) is 7. The summed E-state index contributed by atoms with van der Waals surface area (Å²) >= 11 is 0. The molecule has 0 saturated heterocycles. The maximum atomic E-state index is 12.5. The molecule has 3 rings (SSSR count). The monoisotopic (exact) mass is 407 g/mol. The van der Waals surface area contributed by atoms with E-state index in [-0.39, 0.29) is 11.7 Å². The lowest BCUT2D eigenvalue weighted by molar-refractivity contribution is 0.0951. The Kier molecular flexibility index (Phi) is 6.82. The van der Waals surface area contributed by atoms with E-state index in [4.69, 9.17) is 4.74 Å². The Hall–Kier alpha value is -3.65.